The maximum atomic E-state index is 13.8. The Morgan fingerprint density at radius 2 is 1.53 bits per heavy atom. The number of aromatic nitrogens is 2. The molecule has 0 aliphatic heterocycles. The fourth-order valence-electron chi connectivity index (χ4n) is 4.26. The van der Waals surface area contributed by atoms with Gasteiger partial charge in [0.15, 0.2) is 0 Å². The van der Waals surface area contributed by atoms with Crippen molar-refractivity contribution in [1.82, 2.24) is 15.1 Å². The van der Waals surface area contributed by atoms with Crippen molar-refractivity contribution in [2.75, 3.05) is 0 Å². The molecule has 0 spiro atoms. The zero-order valence-electron chi connectivity index (χ0n) is 20.2. The second kappa shape index (κ2) is 11.1. The Morgan fingerprint density at radius 1 is 0.895 bits per heavy atom. The van der Waals surface area contributed by atoms with Gasteiger partial charge in [-0.3, -0.25) is 14.9 Å². The van der Waals surface area contributed by atoms with Gasteiger partial charge in [-0.1, -0.05) is 84.4 Å². The zero-order chi connectivity index (χ0) is 26.5. The number of hydrogen-bond acceptors (Lipinski definition) is 4. The van der Waals surface area contributed by atoms with E-state index in [4.69, 9.17) is 11.6 Å². The van der Waals surface area contributed by atoms with Crippen LogP contribution in [-0.2, 0) is 6.42 Å². The number of carbonyl (C=O) groups is 1. The van der Waals surface area contributed by atoms with Gasteiger partial charge in [-0.25, -0.2) is 4.68 Å². The van der Waals surface area contributed by atoms with Gasteiger partial charge in [0.05, 0.1) is 27.4 Å². The maximum absolute atomic E-state index is 13.8. The van der Waals surface area contributed by atoms with Crippen molar-refractivity contribution in [3.63, 3.8) is 0 Å². The molecule has 1 unspecified atom stereocenters. The predicted octanol–water partition coefficient (Wildman–Crippen LogP) is 6.81. The number of nitrogens with one attached hydrogen (secondary N) is 1. The van der Waals surface area contributed by atoms with E-state index in [0.717, 1.165) is 11.1 Å². The molecule has 0 saturated carbocycles. The first-order valence-electron chi connectivity index (χ1n) is 12.0. The quantitative estimate of drug-likeness (QED) is 0.179. The smallest absolute Gasteiger partial charge is 0.270 e. The first-order valence-corrected chi connectivity index (χ1v) is 12.4. The average Bonchev–Trinajstić information content (AvgIpc) is 3.39. The van der Waals surface area contributed by atoms with Crippen molar-refractivity contribution in [1.29, 1.82) is 0 Å². The van der Waals surface area contributed by atoms with Crippen molar-refractivity contribution in [2.45, 2.75) is 12.5 Å². The maximum Gasteiger partial charge on any atom is 0.270 e. The largest absolute Gasteiger partial charge is 0.344 e. The summed E-state index contributed by atoms with van der Waals surface area (Å²) in [4.78, 5) is 24.4. The van der Waals surface area contributed by atoms with Crippen LogP contribution in [0.15, 0.2) is 115 Å². The molecule has 0 bridgehead atoms. The first-order chi connectivity index (χ1) is 18.5. The molecule has 4 aromatic carbocycles. The molecule has 0 saturated heterocycles. The van der Waals surface area contributed by atoms with Crippen LogP contribution in [0.4, 0.5) is 5.69 Å². The van der Waals surface area contributed by atoms with Gasteiger partial charge in [0, 0.05) is 17.7 Å². The predicted molar refractivity (Wildman–Crippen MR) is 147 cm³/mol. The molecule has 7 nitrogen and oxygen atoms in total. The standard InChI is InChI=1S/C30H23ClN4O3/c31-25-13-7-8-14-28(25)34-29(20-27(33-34)23-15-17-24(18-16-23)35(37)38)30(36)32-26(22-11-5-2-6-12-22)19-21-9-3-1-4-10-21/h1-18,20,26H,19H2,(H,32,36). The third kappa shape index (κ3) is 5.48. The Bertz CT molecular complexity index is 1570. The summed E-state index contributed by atoms with van der Waals surface area (Å²) in [5.74, 6) is -0.324. The van der Waals surface area contributed by atoms with Crippen LogP contribution in [0, 0.1) is 10.1 Å². The van der Waals surface area contributed by atoms with Crippen LogP contribution >= 0.6 is 11.6 Å². The number of nitro benzene ring substituents is 1. The summed E-state index contributed by atoms with van der Waals surface area (Å²) in [6, 6.07) is 34.3. The number of non-ortho nitro benzene ring substituents is 1. The number of rotatable bonds is 8. The van der Waals surface area contributed by atoms with E-state index < -0.39 is 4.92 Å². The van der Waals surface area contributed by atoms with Gasteiger partial charge >= 0.3 is 0 Å². The Hall–Kier alpha value is -4.75. The van der Waals surface area contributed by atoms with Crippen LogP contribution in [0.2, 0.25) is 5.02 Å². The molecule has 38 heavy (non-hydrogen) atoms. The van der Waals surface area contributed by atoms with Gasteiger partial charge in [0.2, 0.25) is 0 Å². The van der Waals surface area contributed by atoms with Gasteiger partial charge in [-0.05, 0) is 47.9 Å². The van der Waals surface area contributed by atoms with Gasteiger partial charge in [-0.15, -0.1) is 0 Å². The molecule has 0 aliphatic rings. The van der Waals surface area contributed by atoms with Crippen molar-refractivity contribution < 1.29 is 9.72 Å². The summed E-state index contributed by atoms with van der Waals surface area (Å²) >= 11 is 6.49. The average molecular weight is 523 g/mol. The Kier molecular flexibility index (Phi) is 7.28. The number of halogens is 1. The normalized spacial score (nSPS) is 11.6. The molecule has 1 N–H and O–H groups in total. The van der Waals surface area contributed by atoms with E-state index in [1.165, 1.54) is 16.8 Å². The highest BCUT2D eigenvalue weighted by atomic mass is 35.5. The molecule has 8 heteroatoms. The molecular weight excluding hydrogens is 500 g/mol. The lowest BCUT2D eigenvalue weighted by atomic mass is 9.98. The third-order valence-corrected chi connectivity index (χ3v) is 6.51. The summed E-state index contributed by atoms with van der Waals surface area (Å²) in [5.41, 5.74) is 4.01. The van der Waals surface area contributed by atoms with Crippen molar-refractivity contribution in [3.05, 3.63) is 147 Å². The third-order valence-electron chi connectivity index (χ3n) is 6.19. The Balaban J connectivity index is 1.54. The molecule has 1 amide bonds. The van der Waals surface area contributed by atoms with E-state index in [1.807, 2.05) is 66.7 Å². The number of nitrogens with zero attached hydrogens (tertiary/aromatic N) is 3. The molecule has 1 atom stereocenters. The van der Waals surface area contributed by atoms with Crippen molar-refractivity contribution in [2.24, 2.45) is 0 Å². The topological polar surface area (TPSA) is 90.1 Å². The Labute approximate surface area is 224 Å². The minimum Gasteiger partial charge on any atom is -0.344 e. The number of carbonyl (C=O) groups excluding carboxylic acids is 1. The molecule has 5 rings (SSSR count). The molecule has 1 heterocycles. The van der Waals surface area contributed by atoms with Crippen LogP contribution in [-0.4, -0.2) is 20.6 Å². The number of hydrogen-bond donors (Lipinski definition) is 1. The van der Waals surface area contributed by atoms with Crippen LogP contribution in [0.3, 0.4) is 0 Å². The lowest BCUT2D eigenvalue weighted by Gasteiger charge is -2.20. The fourth-order valence-corrected chi connectivity index (χ4v) is 4.48. The molecule has 188 valence electrons. The number of amides is 1. The minimum atomic E-state index is -0.457. The van der Waals surface area contributed by atoms with Crippen LogP contribution in [0.1, 0.15) is 27.7 Å². The van der Waals surface area contributed by atoms with Crippen molar-refractivity contribution in [3.8, 4) is 16.9 Å². The van der Waals surface area contributed by atoms with Gasteiger partial charge < -0.3 is 5.32 Å². The van der Waals surface area contributed by atoms with Crippen LogP contribution < -0.4 is 5.32 Å². The highest BCUT2D eigenvalue weighted by Crippen LogP contribution is 2.28. The monoisotopic (exact) mass is 522 g/mol. The number of nitro groups is 1. The van der Waals surface area contributed by atoms with Crippen molar-refractivity contribution >= 4 is 23.2 Å². The van der Waals surface area contributed by atoms with E-state index in [-0.39, 0.29) is 17.6 Å². The van der Waals surface area contributed by atoms with E-state index in [9.17, 15) is 14.9 Å². The SMILES string of the molecule is O=C(NC(Cc1ccccc1)c1ccccc1)c1cc(-c2ccc([N+](=O)[O-])cc2)nn1-c1ccccc1Cl. The van der Waals surface area contributed by atoms with Gasteiger partial charge in [0.1, 0.15) is 5.69 Å². The summed E-state index contributed by atoms with van der Waals surface area (Å²) in [6.07, 6.45) is 0.603. The van der Waals surface area contributed by atoms with Gasteiger partial charge in [0.25, 0.3) is 11.6 Å². The minimum absolute atomic E-state index is 0.0242. The molecular formula is C30H23ClN4O3. The lowest BCUT2D eigenvalue weighted by molar-refractivity contribution is -0.384. The molecule has 0 fully saturated rings. The lowest BCUT2D eigenvalue weighted by Crippen LogP contribution is -2.31. The summed E-state index contributed by atoms with van der Waals surface area (Å²) < 4.78 is 1.51. The highest BCUT2D eigenvalue weighted by molar-refractivity contribution is 6.32. The van der Waals surface area contributed by atoms with E-state index >= 15 is 0 Å². The van der Waals surface area contributed by atoms with E-state index in [2.05, 4.69) is 10.4 Å². The van der Waals surface area contributed by atoms with Gasteiger partial charge in [-0.2, -0.15) is 5.10 Å². The molecule has 5 aromatic rings. The highest BCUT2D eigenvalue weighted by Gasteiger charge is 2.23. The summed E-state index contributed by atoms with van der Waals surface area (Å²) in [5, 5.41) is 19.4. The first kappa shape index (κ1) is 24.9. The van der Waals surface area contributed by atoms with Crippen LogP contribution in [0.5, 0.6) is 0 Å². The Morgan fingerprint density at radius 3 is 2.18 bits per heavy atom. The zero-order valence-corrected chi connectivity index (χ0v) is 21.0. The number of para-hydroxylation sites is 1. The number of benzene rings is 4. The van der Waals surface area contributed by atoms with E-state index in [0.29, 0.717) is 34.1 Å². The summed E-state index contributed by atoms with van der Waals surface area (Å²) in [7, 11) is 0. The fraction of sp³-hybridized carbons (Fsp3) is 0.0667. The van der Waals surface area contributed by atoms with Crippen LogP contribution in [0.25, 0.3) is 16.9 Å². The second-order valence-electron chi connectivity index (χ2n) is 8.71. The molecule has 0 radical (unpaired) electrons. The van der Waals surface area contributed by atoms with E-state index in [1.54, 1.807) is 36.4 Å². The second-order valence-corrected chi connectivity index (χ2v) is 9.12. The summed E-state index contributed by atoms with van der Waals surface area (Å²) in [6.45, 7) is 0. The molecule has 0 aliphatic carbocycles. The molecule has 1 aromatic heterocycles.